The third-order valence-electron chi connectivity index (χ3n) is 4.47. The van der Waals surface area contributed by atoms with Crippen molar-refractivity contribution in [1.29, 1.82) is 0 Å². The molecule has 1 aliphatic heterocycles. The monoisotopic (exact) mass is 273 g/mol. The van der Waals surface area contributed by atoms with E-state index in [1.165, 1.54) is 25.7 Å². The quantitative estimate of drug-likeness (QED) is 0.751. The van der Waals surface area contributed by atoms with Gasteiger partial charge in [-0.1, -0.05) is 57.5 Å². The highest BCUT2D eigenvalue weighted by Crippen LogP contribution is 2.28. The van der Waals surface area contributed by atoms with Crippen LogP contribution in [0.5, 0.6) is 0 Å². The Kier molecular flexibility index (Phi) is 4.98. The molecule has 2 nitrogen and oxygen atoms in total. The average molecular weight is 273 g/mol. The number of carbonyl (C=O) groups excluding carboxylic acids is 1. The maximum absolute atomic E-state index is 12.7. The van der Waals surface area contributed by atoms with Crippen LogP contribution in [0.4, 0.5) is 0 Å². The summed E-state index contributed by atoms with van der Waals surface area (Å²) < 4.78 is 0. The summed E-state index contributed by atoms with van der Waals surface area (Å²) in [5.74, 6) is 0.263. The van der Waals surface area contributed by atoms with Crippen LogP contribution in [0.15, 0.2) is 30.3 Å². The van der Waals surface area contributed by atoms with Gasteiger partial charge in [0.1, 0.15) is 0 Å². The number of benzene rings is 1. The van der Waals surface area contributed by atoms with Crippen LogP contribution in [-0.2, 0) is 0 Å². The van der Waals surface area contributed by atoms with Gasteiger partial charge in [-0.15, -0.1) is 0 Å². The van der Waals surface area contributed by atoms with Gasteiger partial charge in [0.25, 0.3) is 0 Å². The van der Waals surface area contributed by atoms with Gasteiger partial charge in [-0.3, -0.25) is 9.69 Å². The Balaban J connectivity index is 2.08. The summed E-state index contributed by atoms with van der Waals surface area (Å²) in [7, 11) is 0. The lowest BCUT2D eigenvalue weighted by molar-refractivity contribution is 0.0637. The van der Waals surface area contributed by atoms with Crippen molar-refractivity contribution in [2.75, 3.05) is 13.1 Å². The highest BCUT2D eigenvalue weighted by molar-refractivity contribution is 6.00. The third kappa shape index (κ3) is 3.49. The first-order chi connectivity index (χ1) is 9.54. The smallest absolute Gasteiger partial charge is 0.169 e. The second kappa shape index (κ2) is 6.53. The summed E-state index contributed by atoms with van der Waals surface area (Å²) in [5, 5.41) is 0. The summed E-state index contributed by atoms with van der Waals surface area (Å²) in [5.41, 5.74) is 0.522. The molecule has 0 spiro atoms. The van der Waals surface area contributed by atoms with Crippen LogP contribution in [0.3, 0.4) is 0 Å². The largest absolute Gasteiger partial charge is 0.299 e. The summed E-state index contributed by atoms with van der Waals surface area (Å²) in [6.45, 7) is 8.45. The first kappa shape index (κ1) is 15.2. The molecule has 1 heterocycles. The fourth-order valence-corrected chi connectivity index (χ4v) is 3.29. The van der Waals surface area contributed by atoms with Crippen LogP contribution in [0, 0.1) is 5.41 Å². The zero-order valence-electron chi connectivity index (χ0n) is 13.1. The van der Waals surface area contributed by atoms with Crippen LogP contribution < -0.4 is 0 Å². The van der Waals surface area contributed by atoms with Crippen molar-refractivity contribution < 1.29 is 4.79 Å². The normalized spacial score (nSPS) is 20.9. The Morgan fingerprint density at radius 3 is 2.60 bits per heavy atom. The van der Waals surface area contributed by atoms with Gasteiger partial charge >= 0.3 is 0 Å². The number of hydrogen-bond donors (Lipinski definition) is 0. The molecule has 1 fully saturated rings. The van der Waals surface area contributed by atoms with Gasteiger partial charge in [-0.05, 0) is 25.8 Å². The Hall–Kier alpha value is -1.15. The molecule has 1 aromatic rings. The molecule has 110 valence electrons. The zero-order chi connectivity index (χ0) is 14.6. The average Bonchev–Trinajstić information content (AvgIpc) is 2.47. The number of ketones is 1. The molecule has 0 saturated carbocycles. The van der Waals surface area contributed by atoms with E-state index in [-0.39, 0.29) is 11.2 Å². The first-order valence-electron chi connectivity index (χ1n) is 7.88. The van der Waals surface area contributed by atoms with Crippen LogP contribution in [0.2, 0.25) is 0 Å². The van der Waals surface area contributed by atoms with Gasteiger partial charge in [0, 0.05) is 23.6 Å². The number of carbonyl (C=O) groups is 1. The van der Waals surface area contributed by atoms with Crippen molar-refractivity contribution in [2.45, 2.75) is 52.5 Å². The summed E-state index contributed by atoms with van der Waals surface area (Å²) >= 11 is 0. The van der Waals surface area contributed by atoms with Crippen LogP contribution in [-0.4, -0.2) is 29.8 Å². The van der Waals surface area contributed by atoms with E-state index in [4.69, 9.17) is 0 Å². The molecule has 0 bridgehead atoms. The van der Waals surface area contributed by atoms with Gasteiger partial charge in [-0.2, -0.15) is 0 Å². The van der Waals surface area contributed by atoms with E-state index in [2.05, 4.69) is 25.7 Å². The second-order valence-corrected chi connectivity index (χ2v) is 6.61. The second-order valence-electron chi connectivity index (χ2n) is 6.61. The Bertz CT molecular complexity index is 438. The Morgan fingerprint density at radius 1 is 1.25 bits per heavy atom. The molecule has 0 radical (unpaired) electrons. The number of nitrogens with zero attached hydrogens (tertiary/aromatic N) is 1. The Morgan fingerprint density at radius 2 is 1.95 bits per heavy atom. The number of hydrogen-bond acceptors (Lipinski definition) is 2. The highest BCUT2D eigenvalue weighted by Gasteiger charge is 2.33. The molecule has 20 heavy (non-hydrogen) atoms. The maximum Gasteiger partial charge on any atom is 0.169 e. The molecular formula is C18H27NO. The van der Waals surface area contributed by atoms with Gasteiger partial charge in [0.15, 0.2) is 5.78 Å². The topological polar surface area (TPSA) is 20.3 Å². The molecule has 1 aromatic carbocycles. The summed E-state index contributed by atoms with van der Waals surface area (Å²) in [6, 6.07) is 10.4. The summed E-state index contributed by atoms with van der Waals surface area (Å²) in [6.07, 6.45) is 5.08. The zero-order valence-corrected chi connectivity index (χ0v) is 13.1. The Labute approximate surface area is 123 Å². The maximum atomic E-state index is 12.7. The molecule has 2 rings (SSSR count). The SMILES string of the molecule is CCC1CCCCN1CC(C)(C)C(=O)c1ccccc1. The molecule has 1 unspecified atom stereocenters. The van der Waals surface area contributed by atoms with Crippen LogP contribution >= 0.6 is 0 Å². The third-order valence-corrected chi connectivity index (χ3v) is 4.47. The predicted octanol–water partition coefficient (Wildman–Crippen LogP) is 4.16. The first-order valence-corrected chi connectivity index (χ1v) is 7.88. The predicted molar refractivity (Wildman–Crippen MR) is 84.1 cm³/mol. The van der Waals surface area contributed by atoms with E-state index in [9.17, 15) is 4.79 Å². The van der Waals surface area contributed by atoms with E-state index in [1.807, 2.05) is 30.3 Å². The molecule has 0 amide bonds. The van der Waals surface area contributed by atoms with Crippen molar-refractivity contribution in [3.8, 4) is 0 Å². The van der Waals surface area contributed by atoms with Crippen LogP contribution in [0.1, 0.15) is 56.8 Å². The lowest BCUT2D eigenvalue weighted by Crippen LogP contribution is -2.46. The van der Waals surface area contributed by atoms with Crippen molar-refractivity contribution >= 4 is 5.78 Å². The fraction of sp³-hybridized carbons (Fsp3) is 0.611. The molecule has 1 aliphatic rings. The van der Waals surface area contributed by atoms with Crippen molar-refractivity contribution in [3.05, 3.63) is 35.9 Å². The molecular weight excluding hydrogens is 246 g/mol. The number of rotatable bonds is 5. The van der Waals surface area contributed by atoms with Crippen molar-refractivity contribution in [1.82, 2.24) is 4.90 Å². The molecule has 1 atom stereocenters. The van der Waals surface area contributed by atoms with Gasteiger partial charge in [0.2, 0.25) is 0 Å². The number of piperidine rings is 1. The minimum atomic E-state index is -0.313. The molecule has 2 heteroatoms. The number of Topliss-reactive ketones (excluding diaryl/α,β-unsaturated/α-hetero) is 1. The van der Waals surface area contributed by atoms with Gasteiger partial charge in [0.05, 0.1) is 0 Å². The molecule has 1 saturated heterocycles. The molecule has 0 N–H and O–H groups in total. The minimum absolute atomic E-state index is 0.263. The molecule has 0 aliphatic carbocycles. The summed E-state index contributed by atoms with van der Waals surface area (Å²) in [4.78, 5) is 15.2. The van der Waals surface area contributed by atoms with E-state index in [0.29, 0.717) is 6.04 Å². The van der Waals surface area contributed by atoms with Crippen molar-refractivity contribution in [3.63, 3.8) is 0 Å². The lowest BCUT2D eigenvalue weighted by atomic mass is 9.82. The van der Waals surface area contributed by atoms with Gasteiger partial charge in [-0.25, -0.2) is 0 Å². The highest BCUT2D eigenvalue weighted by atomic mass is 16.1. The van der Waals surface area contributed by atoms with E-state index >= 15 is 0 Å². The molecule has 0 aromatic heterocycles. The van der Waals surface area contributed by atoms with Crippen molar-refractivity contribution in [2.24, 2.45) is 5.41 Å². The lowest BCUT2D eigenvalue weighted by Gasteiger charge is -2.39. The fourth-order valence-electron chi connectivity index (χ4n) is 3.29. The minimum Gasteiger partial charge on any atom is -0.299 e. The van der Waals surface area contributed by atoms with Gasteiger partial charge < -0.3 is 0 Å². The van der Waals surface area contributed by atoms with E-state index < -0.39 is 0 Å². The van der Waals surface area contributed by atoms with E-state index in [1.54, 1.807) is 0 Å². The standard InChI is InChI=1S/C18H27NO/c1-4-16-12-8-9-13-19(16)14-18(2,3)17(20)15-10-6-5-7-11-15/h5-7,10-11,16H,4,8-9,12-14H2,1-3H3. The number of likely N-dealkylation sites (tertiary alicyclic amines) is 1. The van der Waals surface area contributed by atoms with Crippen LogP contribution in [0.25, 0.3) is 0 Å². The van der Waals surface area contributed by atoms with E-state index in [0.717, 1.165) is 18.7 Å².